The second kappa shape index (κ2) is 3.40. The first-order chi connectivity index (χ1) is 5.14. The predicted octanol–water partition coefficient (Wildman–Crippen LogP) is 3.46. The monoisotopic (exact) mass is 212 g/mol. The fourth-order valence-corrected chi connectivity index (χ4v) is 1.49. The highest BCUT2D eigenvalue weighted by Crippen LogP contribution is 2.24. The molecule has 0 radical (unpaired) electrons. The molecule has 0 aromatic heterocycles. The molecule has 60 valence electrons. The van der Waals surface area contributed by atoms with Crippen molar-refractivity contribution < 1.29 is 0 Å². The Morgan fingerprint density at radius 2 is 2.09 bits per heavy atom. The Bertz CT molecular complexity index is 219. The molecule has 1 rings (SSSR count). The van der Waals surface area contributed by atoms with E-state index in [4.69, 9.17) is 0 Å². The van der Waals surface area contributed by atoms with Crippen LogP contribution in [0.3, 0.4) is 0 Å². The van der Waals surface area contributed by atoms with E-state index in [9.17, 15) is 0 Å². The largest absolute Gasteiger partial charge is 0.0876 e. The molecule has 0 saturated heterocycles. The number of alkyl halides is 1. The van der Waals surface area contributed by atoms with Gasteiger partial charge in [0.15, 0.2) is 0 Å². The van der Waals surface area contributed by atoms with Crippen molar-refractivity contribution in [1.29, 1.82) is 0 Å². The van der Waals surface area contributed by atoms with Gasteiger partial charge in [0.05, 0.1) is 0 Å². The molecule has 0 bridgehead atoms. The van der Waals surface area contributed by atoms with Crippen molar-refractivity contribution in [2.24, 2.45) is 5.41 Å². The quantitative estimate of drug-likeness (QED) is 0.585. The van der Waals surface area contributed by atoms with Crippen LogP contribution in [-0.4, -0.2) is 5.33 Å². The van der Waals surface area contributed by atoms with Gasteiger partial charge in [0.1, 0.15) is 0 Å². The summed E-state index contributed by atoms with van der Waals surface area (Å²) in [5.74, 6) is 0. The van der Waals surface area contributed by atoms with Crippen molar-refractivity contribution in [1.82, 2.24) is 0 Å². The van der Waals surface area contributed by atoms with Gasteiger partial charge >= 0.3 is 0 Å². The number of halogens is 1. The van der Waals surface area contributed by atoms with Crippen LogP contribution in [0.1, 0.15) is 13.8 Å². The first kappa shape index (κ1) is 8.79. The zero-order valence-corrected chi connectivity index (χ0v) is 8.56. The van der Waals surface area contributed by atoms with Gasteiger partial charge in [-0.2, -0.15) is 0 Å². The van der Waals surface area contributed by atoms with E-state index in [0.29, 0.717) is 0 Å². The maximum absolute atomic E-state index is 3.45. The summed E-state index contributed by atoms with van der Waals surface area (Å²) in [5.41, 5.74) is 1.55. The highest BCUT2D eigenvalue weighted by molar-refractivity contribution is 9.09. The lowest BCUT2D eigenvalue weighted by molar-refractivity contribution is 0.624. The van der Waals surface area contributed by atoms with Crippen LogP contribution in [0, 0.1) is 5.41 Å². The minimum absolute atomic E-state index is 0.201. The van der Waals surface area contributed by atoms with Crippen LogP contribution < -0.4 is 0 Å². The highest BCUT2D eigenvalue weighted by Gasteiger charge is 2.11. The number of hydrogen-bond donors (Lipinski definition) is 0. The molecule has 0 aromatic rings. The first-order valence-corrected chi connectivity index (χ1v) is 4.90. The van der Waals surface area contributed by atoms with Gasteiger partial charge in [0.2, 0.25) is 0 Å². The molecule has 11 heavy (non-hydrogen) atoms. The Hall–Kier alpha value is -0.300. The topological polar surface area (TPSA) is 0 Å². The molecule has 0 amide bonds. The van der Waals surface area contributed by atoms with Gasteiger partial charge in [0.25, 0.3) is 0 Å². The lowest BCUT2D eigenvalue weighted by Crippen LogP contribution is -2.02. The number of hydrogen-bond acceptors (Lipinski definition) is 0. The fourth-order valence-electron chi connectivity index (χ4n) is 1.14. The van der Waals surface area contributed by atoms with Crippen LogP contribution in [-0.2, 0) is 0 Å². The van der Waals surface area contributed by atoms with Crippen molar-refractivity contribution in [3.05, 3.63) is 36.0 Å². The Labute approximate surface area is 76.8 Å². The molecule has 0 N–H and O–H groups in total. The summed E-state index contributed by atoms with van der Waals surface area (Å²) < 4.78 is 0. The first-order valence-electron chi connectivity index (χ1n) is 3.78. The molecule has 1 aliphatic rings. The van der Waals surface area contributed by atoms with Crippen molar-refractivity contribution >= 4 is 15.9 Å². The zero-order valence-electron chi connectivity index (χ0n) is 6.97. The average Bonchev–Trinajstić information content (AvgIpc) is 2.10. The second-order valence-electron chi connectivity index (χ2n) is 3.39. The van der Waals surface area contributed by atoms with Crippen molar-refractivity contribution in [2.75, 3.05) is 5.33 Å². The van der Waals surface area contributed by atoms with Crippen LogP contribution in [0.2, 0.25) is 0 Å². The molecule has 1 aliphatic carbocycles. The predicted molar refractivity (Wildman–Crippen MR) is 53.9 cm³/mol. The number of allylic oxidation sites excluding steroid dienone is 6. The minimum Gasteiger partial charge on any atom is -0.0876 e. The molecule has 0 fully saturated rings. The second-order valence-corrected chi connectivity index (χ2v) is 3.95. The van der Waals surface area contributed by atoms with E-state index in [1.165, 1.54) is 5.57 Å². The van der Waals surface area contributed by atoms with E-state index in [2.05, 4.69) is 60.2 Å². The fraction of sp³-hybridized carbons (Fsp3) is 0.400. The van der Waals surface area contributed by atoms with Crippen LogP contribution >= 0.6 is 15.9 Å². The van der Waals surface area contributed by atoms with Gasteiger partial charge < -0.3 is 0 Å². The Balaban J connectivity index is 2.90. The third-order valence-corrected chi connectivity index (χ3v) is 2.31. The zero-order chi connectivity index (χ0) is 8.32. The molecule has 1 heteroatoms. The standard InChI is InChI=1S/C10H13Br/c1-10(2)6-4-3-5-9(7-10)8-11/h3-7H,8H2,1-2H3. The average molecular weight is 213 g/mol. The van der Waals surface area contributed by atoms with E-state index >= 15 is 0 Å². The summed E-state index contributed by atoms with van der Waals surface area (Å²) in [6, 6.07) is 0. The molecule has 0 saturated carbocycles. The maximum atomic E-state index is 3.45. The van der Waals surface area contributed by atoms with Crippen LogP contribution in [0.25, 0.3) is 0 Å². The molecule has 0 nitrogen and oxygen atoms in total. The smallest absolute Gasteiger partial charge is 0.0280 e. The minimum atomic E-state index is 0.201. The SMILES string of the molecule is CC1(C)C=CC=CC(CBr)=C1. The summed E-state index contributed by atoms with van der Waals surface area (Å²) in [5, 5.41) is 0.939. The summed E-state index contributed by atoms with van der Waals surface area (Å²) >= 11 is 3.45. The van der Waals surface area contributed by atoms with Gasteiger partial charge in [-0.3, -0.25) is 0 Å². The van der Waals surface area contributed by atoms with Crippen molar-refractivity contribution in [3.63, 3.8) is 0 Å². The van der Waals surface area contributed by atoms with E-state index in [-0.39, 0.29) is 5.41 Å². The van der Waals surface area contributed by atoms with E-state index in [1.54, 1.807) is 0 Å². The summed E-state index contributed by atoms with van der Waals surface area (Å²) in [4.78, 5) is 0. The molecule has 0 heterocycles. The Kier molecular flexibility index (Phi) is 2.72. The molecule has 0 atom stereocenters. The Morgan fingerprint density at radius 1 is 1.36 bits per heavy atom. The lowest BCUT2D eigenvalue weighted by Gasteiger charge is -2.14. The third-order valence-electron chi connectivity index (χ3n) is 1.66. The summed E-state index contributed by atoms with van der Waals surface area (Å²) in [7, 11) is 0. The van der Waals surface area contributed by atoms with E-state index in [0.717, 1.165) is 5.33 Å². The molecule has 0 spiro atoms. The molecule has 0 unspecified atom stereocenters. The van der Waals surface area contributed by atoms with Crippen LogP contribution in [0.5, 0.6) is 0 Å². The summed E-state index contributed by atoms with van der Waals surface area (Å²) in [6.45, 7) is 4.42. The lowest BCUT2D eigenvalue weighted by atomic mass is 9.92. The normalized spacial score (nSPS) is 21.2. The van der Waals surface area contributed by atoms with Crippen molar-refractivity contribution in [3.8, 4) is 0 Å². The van der Waals surface area contributed by atoms with Gasteiger partial charge in [-0.05, 0) is 5.57 Å². The molecular weight excluding hydrogens is 200 g/mol. The van der Waals surface area contributed by atoms with Gasteiger partial charge in [-0.25, -0.2) is 0 Å². The Morgan fingerprint density at radius 3 is 2.73 bits per heavy atom. The van der Waals surface area contributed by atoms with Gasteiger partial charge in [-0.1, -0.05) is 60.2 Å². The van der Waals surface area contributed by atoms with Gasteiger partial charge in [0, 0.05) is 10.7 Å². The van der Waals surface area contributed by atoms with Crippen LogP contribution in [0.4, 0.5) is 0 Å². The third kappa shape index (κ3) is 2.66. The molecule has 0 aromatic carbocycles. The number of rotatable bonds is 1. The van der Waals surface area contributed by atoms with E-state index < -0.39 is 0 Å². The van der Waals surface area contributed by atoms with Gasteiger partial charge in [-0.15, -0.1) is 0 Å². The molecular formula is C10H13Br. The molecule has 0 aliphatic heterocycles. The maximum Gasteiger partial charge on any atom is 0.0280 e. The summed E-state index contributed by atoms with van der Waals surface area (Å²) in [6.07, 6.45) is 10.8. The van der Waals surface area contributed by atoms with E-state index in [1.807, 2.05) is 0 Å². The highest BCUT2D eigenvalue weighted by atomic mass is 79.9. The van der Waals surface area contributed by atoms with Crippen molar-refractivity contribution in [2.45, 2.75) is 13.8 Å². The van der Waals surface area contributed by atoms with Crippen LogP contribution in [0.15, 0.2) is 36.0 Å².